The lowest BCUT2D eigenvalue weighted by Crippen LogP contribution is -2.39. The van der Waals surface area contributed by atoms with Crippen molar-refractivity contribution in [2.45, 2.75) is 5.75 Å². The highest BCUT2D eigenvalue weighted by molar-refractivity contribution is 7.89. The van der Waals surface area contributed by atoms with Gasteiger partial charge in [-0.1, -0.05) is 12.1 Å². The summed E-state index contributed by atoms with van der Waals surface area (Å²) < 4.78 is 27.3. The van der Waals surface area contributed by atoms with Crippen LogP contribution in [0.15, 0.2) is 24.3 Å². The number of carbonyl (C=O) groups is 3. The average molecular weight is 356 g/mol. The van der Waals surface area contributed by atoms with Crippen molar-refractivity contribution < 1.29 is 27.5 Å². The van der Waals surface area contributed by atoms with Gasteiger partial charge in [-0.2, -0.15) is 0 Å². The SMILES string of the molecule is CNC(=O)CN(C)C(=O)COC(=O)c1ccc(CS(C)(=O)=O)cc1. The molecule has 0 bridgehead atoms. The molecular formula is C15H20N2O6S. The summed E-state index contributed by atoms with van der Waals surface area (Å²) in [5.74, 6) is -1.67. The van der Waals surface area contributed by atoms with Gasteiger partial charge in [-0.05, 0) is 17.7 Å². The van der Waals surface area contributed by atoms with Crippen LogP contribution in [0.5, 0.6) is 0 Å². The van der Waals surface area contributed by atoms with Crippen LogP contribution in [0.2, 0.25) is 0 Å². The van der Waals surface area contributed by atoms with E-state index in [0.717, 1.165) is 11.2 Å². The predicted octanol–water partition coefficient (Wildman–Crippen LogP) is -0.408. The molecule has 0 aliphatic heterocycles. The molecule has 0 saturated carbocycles. The molecule has 24 heavy (non-hydrogen) atoms. The summed E-state index contributed by atoms with van der Waals surface area (Å²) >= 11 is 0. The lowest BCUT2D eigenvalue weighted by atomic mass is 10.1. The van der Waals surface area contributed by atoms with Crippen LogP contribution in [-0.2, 0) is 29.9 Å². The molecule has 0 atom stereocenters. The molecule has 0 unspecified atom stereocenters. The molecule has 132 valence electrons. The first-order valence-electron chi connectivity index (χ1n) is 7.00. The number of esters is 1. The normalized spacial score (nSPS) is 10.8. The number of nitrogens with zero attached hydrogens (tertiary/aromatic N) is 1. The van der Waals surface area contributed by atoms with Gasteiger partial charge in [-0.25, -0.2) is 13.2 Å². The fourth-order valence-electron chi connectivity index (χ4n) is 1.74. The number of rotatable bonds is 7. The molecule has 1 N–H and O–H groups in total. The maximum Gasteiger partial charge on any atom is 0.338 e. The minimum absolute atomic E-state index is 0.120. The Morgan fingerprint density at radius 3 is 2.25 bits per heavy atom. The van der Waals surface area contributed by atoms with Crippen LogP contribution in [0, 0.1) is 0 Å². The van der Waals surface area contributed by atoms with Crippen LogP contribution in [0.1, 0.15) is 15.9 Å². The van der Waals surface area contributed by atoms with E-state index in [2.05, 4.69) is 5.32 Å². The Morgan fingerprint density at radius 2 is 1.75 bits per heavy atom. The average Bonchev–Trinajstić information content (AvgIpc) is 2.51. The van der Waals surface area contributed by atoms with Crippen LogP contribution >= 0.6 is 0 Å². The Balaban J connectivity index is 2.56. The smallest absolute Gasteiger partial charge is 0.338 e. The first-order valence-corrected chi connectivity index (χ1v) is 9.07. The molecule has 1 rings (SSSR count). The van der Waals surface area contributed by atoms with Crippen LogP contribution in [0.4, 0.5) is 0 Å². The number of ether oxygens (including phenoxy) is 1. The molecule has 0 fully saturated rings. The van der Waals surface area contributed by atoms with Crippen molar-refractivity contribution in [2.75, 3.05) is 33.5 Å². The molecule has 2 amide bonds. The van der Waals surface area contributed by atoms with E-state index in [0.29, 0.717) is 5.56 Å². The number of nitrogens with one attached hydrogen (secondary N) is 1. The highest BCUT2D eigenvalue weighted by Gasteiger charge is 2.15. The Labute approximate surface area is 140 Å². The minimum Gasteiger partial charge on any atom is -0.452 e. The number of likely N-dealkylation sites (N-methyl/N-ethyl adjacent to an activating group) is 2. The third-order valence-electron chi connectivity index (χ3n) is 3.03. The Morgan fingerprint density at radius 1 is 1.17 bits per heavy atom. The molecule has 0 heterocycles. The van der Waals surface area contributed by atoms with E-state index in [9.17, 15) is 22.8 Å². The van der Waals surface area contributed by atoms with Gasteiger partial charge < -0.3 is 15.0 Å². The predicted molar refractivity (Wildman–Crippen MR) is 87.0 cm³/mol. The third kappa shape index (κ3) is 6.78. The van der Waals surface area contributed by atoms with Crippen LogP contribution < -0.4 is 5.32 Å². The number of sulfone groups is 1. The highest BCUT2D eigenvalue weighted by Crippen LogP contribution is 2.09. The second-order valence-electron chi connectivity index (χ2n) is 5.27. The number of hydrogen-bond acceptors (Lipinski definition) is 6. The van der Waals surface area contributed by atoms with Gasteiger partial charge in [0.1, 0.15) is 0 Å². The monoisotopic (exact) mass is 356 g/mol. The quantitative estimate of drug-likeness (QED) is 0.665. The Hall–Kier alpha value is -2.42. The fourth-order valence-corrected chi connectivity index (χ4v) is 2.54. The van der Waals surface area contributed by atoms with Crippen LogP contribution in [0.25, 0.3) is 0 Å². The maximum absolute atomic E-state index is 11.9. The molecule has 0 saturated heterocycles. The van der Waals surface area contributed by atoms with Gasteiger partial charge in [-0.15, -0.1) is 0 Å². The van der Waals surface area contributed by atoms with Crippen LogP contribution in [-0.4, -0.2) is 64.6 Å². The third-order valence-corrected chi connectivity index (χ3v) is 3.89. The van der Waals surface area contributed by atoms with E-state index in [1.165, 1.54) is 38.4 Å². The zero-order chi connectivity index (χ0) is 18.3. The van der Waals surface area contributed by atoms with Crippen molar-refractivity contribution in [3.63, 3.8) is 0 Å². The number of benzene rings is 1. The summed E-state index contributed by atoms with van der Waals surface area (Å²) in [6, 6.07) is 5.89. The zero-order valence-electron chi connectivity index (χ0n) is 13.7. The van der Waals surface area contributed by atoms with E-state index >= 15 is 0 Å². The van der Waals surface area contributed by atoms with Gasteiger partial charge in [-0.3, -0.25) is 9.59 Å². The summed E-state index contributed by atoms with van der Waals surface area (Å²) in [7, 11) is -0.278. The van der Waals surface area contributed by atoms with E-state index in [4.69, 9.17) is 4.74 Å². The summed E-state index contributed by atoms with van der Waals surface area (Å²) in [6.07, 6.45) is 1.12. The largest absolute Gasteiger partial charge is 0.452 e. The first kappa shape index (κ1) is 19.6. The molecule has 0 aliphatic rings. The van der Waals surface area contributed by atoms with E-state index in [1.807, 2.05) is 0 Å². The molecular weight excluding hydrogens is 336 g/mol. The van der Waals surface area contributed by atoms with Gasteiger partial charge in [0, 0.05) is 20.4 Å². The lowest BCUT2D eigenvalue weighted by Gasteiger charge is -2.15. The molecule has 8 nitrogen and oxygen atoms in total. The number of amides is 2. The zero-order valence-corrected chi connectivity index (χ0v) is 14.6. The second-order valence-corrected chi connectivity index (χ2v) is 7.41. The van der Waals surface area contributed by atoms with Crippen molar-refractivity contribution in [3.8, 4) is 0 Å². The van der Waals surface area contributed by atoms with Crippen molar-refractivity contribution in [3.05, 3.63) is 35.4 Å². The minimum atomic E-state index is -3.15. The van der Waals surface area contributed by atoms with E-state index in [1.54, 1.807) is 0 Å². The summed E-state index contributed by atoms with van der Waals surface area (Å²) in [5, 5.41) is 2.38. The highest BCUT2D eigenvalue weighted by atomic mass is 32.2. The molecule has 9 heteroatoms. The van der Waals surface area contributed by atoms with E-state index < -0.39 is 28.3 Å². The van der Waals surface area contributed by atoms with Crippen LogP contribution in [0.3, 0.4) is 0 Å². The van der Waals surface area contributed by atoms with Gasteiger partial charge in [0.2, 0.25) is 5.91 Å². The standard InChI is InChI=1S/C15H20N2O6S/c1-16-13(18)8-17(2)14(19)9-23-15(20)12-6-4-11(5-7-12)10-24(3,21)22/h4-7H,8-10H2,1-3H3,(H,16,18). The van der Waals surface area contributed by atoms with Gasteiger partial charge >= 0.3 is 5.97 Å². The molecule has 0 spiro atoms. The van der Waals surface area contributed by atoms with E-state index in [-0.39, 0.29) is 23.8 Å². The topological polar surface area (TPSA) is 110 Å². The molecule has 0 radical (unpaired) electrons. The summed E-state index contributed by atoms with van der Waals surface area (Å²) in [5.41, 5.74) is 0.754. The Bertz CT molecular complexity index is 712. The Kier molecular flexibility index (Phi) is 6.90. The van der Waals surface area contributed by atoms with Crippen molar-refractivity contribution in [2.24, 2.45) is 0 Å². The molecule has 1 aromatic rings. The molecule has 1 aromatic carbocycles. The summed E-state index contributed by atoms with van der Waals surface area (Å²) in [6.45, 7) is -0.621. The molecule has 0 aromatic heterocycles. The number of carbonyl (C=O) groups excluding carboxylic acids is 3. The van der Waals surface area contributed by atoms with Crippen molar-refractivity contribution in [1.29, 1.82) is 0 Å². The van der Waals surface area contributed by atoms with Crippen molar-refractivity contribution in [1.82, 2.24) is 10.2 Å². The fraction of sp³-hybridized carbons (Fsp3) is 0.400. The lowest BCUT2D eigenvalue weighted by molar-refractivity contribution is -0.137. The van der Waals surface area contributed by atoms with Gasteiger partial charge in [0.25, 0.3) is 5.91 Å². The van der Waals surface area contributed by atoms with Crippen molar-refractivity contribution >= 4 is 27.6 Å². The maximum atomic E-state index is 11.9. The van der Waals surface area contributed by atoms with Gasteiger partial charge in [0.05, 0.1) is 17.9 Å². The first-order chi connectivity index (χ1) is 11.1. The second kappa shape index (κ2) is 8.44. The number of hydrogen-bond donors (Lipinski definition) is 1. The summed E-state index contributed by atoms with van der Waals surface area (Å²) in [4.78, 5) is 35.9. The molecule has 0 aliphatic carbocycles. The van der Waals surface area contributed by atoms with Gasteiger partial charge in [0.15, 0.2) is 16.4 Å².